The van der Waals surface area contributed by atoms with Crippen LogP contribution >= 0.6 is 0 Å². The zero-order valence-electron chi connectivity index (χ0n) is 7.34. The molecule has 0 aliphatic rings. The quantitative estimate of drug-likeness (QED) is 0.442. The summed E-state index contributed by atoms with van der Waals surface area (Å²) in [7, 11) is 2.07. The number of hydrogen-bond acceptors (Lipinski definition) is 0. The first-order valence-electron chi connectivity index (χ1n) is 3.77. The molecule has 0 bridgehead atoms. The van der Waals surface area contributed by atoms with Crippen LogP contribution in [0.3, 0.4) is 0 Å². The van der Waals surface area contributed by atoms with Crippen molar-refractivity contribution in [2.45, 2.75) is 26.8 Å². The molecule has 0 amide bonds. The number of hydrogen-bond donors (Lipinski definition) is 0. The maximum Gasteiger partial charge on any atom is 0.253 e. The zero-order valence-corrected chi connectivity index (χ0v) is 7.34. The van der Waals surface area contributed by atoms with Crippen LogP contribution < -0.4 is 9.27 Å². The SMILES string of the molecule is CCCn1cc[n+](C)c1C.[F-]. The van der Waals surface area contributed by atoms with Crippen molar-refractivity contribution in [3.05, 3.63) is 18.2 Å². The molecule has 0 fully saturated rings. The van der Waals surface area contributed by atoms with Gasteiger partial charge in [-0.2, -0.15) is 0 Å². The molecule has 64 valence electrons. The lowest BCUT2D eigenvalue weighted by atomic mass is 10.5. The number of nitrogens with zero attached hydrogens (tertiary/aromatic N) is 2. The highest BCUT2D eigenvalue weighted by Crippen LogP contribution is 1.93. The van der Waals surface area contributed by atoms with Crippen LogP contribution in [0.4, 0.5) is 0 Å². The van der Waals surface area contributed by atoms with Crippen LogP contribution in [-0.2, 0) is 13.6 Å². The molecule has 1 rings (SSSR count). The average Bonchev–Trinajstić information content (AvgIpc) is 2.20. The highest BCUT2D eigenvalue weighted by molar-refractivity contribution is 4.78. The van der Waals surface area contributed by atoms with E-state index in [2.05, 4.69) is 42.4 Å². The van der Waals surface area contributed by atoms with Gasteiger partial charge in [0.05, 0.1) is 13.6 Å². The third-order valence-corrected chi connectivity index (χ3v) is 1.86. The first kappa shape index (κ1) is 10.1. The molecule has 2 nitrogen and oxygen atoms in total. The summed E-state index contributed by atoms with van der Waals surface area (Å²) in [6.45, 7) is 5.46. The van der Waals surface area contributed by atoms with Crippen LogP contribution in [-0.4, -0.2) is 4.57 Å². The fourth-order valence-corrected chi connectivity index (χ4v) is 1.08. The van der Waals surface area contributed by atoms with Crippen molar-refractivity contribution in [1.29, 1.82) is 0 Å². The molecule has 1 aromatic rings. The van der Waals surface area contributed by atoms with E-state index in [1.165, 1.54) is 12.2 Å². The van der Waals surface area contributed by atoms with Crippen LogP contribution in [0.5, 0.6) is 0 Å². The fraction of sp³-hybridized carbons (Fsp3) is 0.625. The van der Waals surface area contributed by atoms with Crippen molar-refractivity contribution in [2.24, 2.45) is 7.05 Å². The van der Waals surface area contributed by atoms with E-state index in [1.54, 1.807) is 0 Å². The Balaban J connectivity index is 0.000001000. The second-order valence-electron chi connectivity index (χ2n) is 2.65. The van der Waals surface area contributed by atoms with Gasteiger partial charge >= 0.3 is 0 Å². The Morgan fingerprint density at radius 3 is 2.55 bits per heavy atom. The van der Waals surface area contributed by atoms with Crippen molar-refractivity contribution in [1.82, 2.24) is 4.57 Å². The molecule has 11 heavy (non-hydrogen) atoms. The molecule has 0 aliphatic heterocycles. The molecular formula is C8H15FN2. The molecule has 0 aliphatic carbocycles. The lowest BCUT2D eigenvalue weighted by Gasteiger charge is -1.93. The Hall–Kier alpha value is -0.860. The summed E-state index contributed by atoms with van der Waals surface area (Å²) in [5.74, 6) is 1.32. The number of halogens is 1. The van der Waals surface area contributed by atoms with Crippen LogP contribution in [0.1, 0.15) is 19.2 Å². The van der Waals surface area contributed by atoms with Gasteiger partial charge in [0.25, 0.3) is 5.82 Å². The van der Waals surface area contributed by atoms with Crippen molar-refractivity contribution >= 4 is 0 Å². The van der Waals surface area contributed by atoms with E-state index in [1.807, 2.05) is 0 Å². The summed E-state index contributed by atoms with van der Waals surface area (Å²) >= 11 is 0. The molecule has 3 heteroatoms. The van der Waals surface area contributed by atoms with Crippen molar-refractivity contribution in [3.63, 3.8) is 0 Å². The lowest BCUT2D eigenvalue weighted by Crippen LogP contribution is -3.00. The van der Waals surface area contributed by atoms with E-state index in [-0.39, 0.29) is 4.70 Å². The van der Waals surface area contributed by atoms with Gasteiger partial charge in [0, 0.05) is 6.92 Å². The number of imidazole rings is 1. The molecule has 0 unspecified atom stereocenters. The predicted octanol–water partition coefficient (Wildman–Crippen LogP) is -1.96. The number of aromatic nitrogens is 2. The molecule has 0 saturated carbocycles. The zero-order chi connectivity index (χ0) is 7.56. The Kier molecular flexibility index (Phi) is 3.79. The summed E-state index contributed by atoms with van der Waals surface area (Å²) in [6.07, 6.45) is 5.42. The lowest BCUT2D eigenvalue weighted by molar-refractivity contribution is -0.677. The molecule has 0 saturated heterocycles. The van der Waals surface area contributed by atoms with Gasteiger partial charge in [-0.3, -0.25) is 0 Å². The highest BCUT2D eigenvalue weighted by atomic mass is 19.0. The molecule has 0 aromatic carbocycles. The molecule has 0 N–H and O–H groups in total. The van der Waals surface area contributed by atoms with Gasteiger partial charge in [0.1, 0.15) is 12.4 Å². The Morgan fingerprint density at radius 1 is 1.55 bits per heavy atom. The van der Waals surface area contributed by atoms with E-state index < -0.39 is 0 Å². The number of rotatable bonds is 2. The monoisotopic (exact) mass is 158 g/mol. The van der Waals surface area contributed by atoms with Gasteiger partial charge in [0.15, 0.2) is 0 Å². The first-order chi connectivity index (χ1) is 4.75. The predicted molar refractivity (Wildman–Crippen MR) is 40.6 cm³/mol. The minimum absolute atomic E-state index is 0. The summed E-state index contributed by atoms with van der Waals surface area (Å²) in [6, 6.07) is 0. The molecule has 1 aromatic heterocycles. The normalized spacial score (nSPS) is 9.36. The molecule has 0 radical (unpaired) electrons. The van der Waals surface area contributed by atoms with Crippen LogP contribution in [0, 0.1) is 6.92 Å². The topological polar surface area (TPSA) is 8.81 Å². The minimum atomic E-state index is 0. The van der Waals surface area contributed by atoms with Gasteiger partial charge < -0.3 is 4.70 Å². The van der Waals surface area contributed by atoms with Gasteiger partial charge in [-0.15, -0.1) is 0 Å². The van der Waals surface area contributed by atoms with Gasteiger partial charge in [-0.1, -0.05) is 6.92 Å². The highest BCUT2D eigenvalue weighted by Gasteiger charge is 2.05. The second kappa shape index (κ2) is 4.11. The largest absolute Gasteiger partial charge is 1.00 e. The van der Waals surface area contributed by atoms with Crippen LogP contribution in [0.25, 0.3) is 0 Å². The number of aryl methyl sites for hydroxylation is 2. The second-order valence-corrected chi connectivity index (χ2v) is 2.65. The van der Waals surface area contributed by atoms with E-state index in [4.69, 9.17) is 0 Å². The van der Waals surface area contributed by atoms with Gasteiger partial charge in [0.2, 0.25) is 0 Å². The van der Waals surface area contributed by atoms with Gasteiger partial charge in [-0.05, 0) is 6.42 Å². The maximum absolute atomic E-state index is 2.26. The molecule has 1 heterocycles. The Bertz CT molecular complexity index is 218. The fourth-order valence-electron chi connectivity index (χ4n) is 1.08. The average molecular weight is 158 g/mol. The standard InChI is InChI=1S/C8H15N2.FH/c1-4-5-10-7-6-9(3)8(10)2;/h6-7H,4-5H2,1-3H3;1H/q+1;/p-1. The Morgan fingerprint density at radius 2 is 2.18 bits per heavy atom. The summed E-state index contributed by atoms with van der Waals surface area (Å²) in [5.41, 5.74) is 0. The van der Waals surface area contributed by atoms with E-state index in [0.29, 0.717) is 0 Å². The van der Waals surface area contributed by atoms with Gasteiger partial charge in [-0.25, -0.2) is 9.13 Å². The van der Waals surface area contributed by atoms with E-state index >= 15 is 0 Å². The van der Waals surface area contributed by atoms with Crippen molar-refractivity contribution < 1.29 is 9.27 Å². The van der Waals surface area contributed by atoms with E-state index in [9.17, 15) is 0 Å². The molecule has 0 atom stereocenters. The molecule has 0 spiro atoms. The molecular weight excluding hydrogens is 143 g/mol. The summed E-state index contributed by atoms with van der Waals surface area (Å²) in [5, 5.41) is 0. The van der Waals surface area contributed by atoms with Crippen molar-refractivity contribution in [2.75, 3.05) is 0 Å². The minimum Gasteiger partial charge on any atom is -1.00 e. The van der Waals surface area contributed by atoms with Crippen LogP contribution in [0.2, 0.25) is 0 Å². The van der Waals surface area contributed by atoms with Crippen LogP contribution in [0.15, 0.2) is 12.4 Å². The first-order valence-corrected chi connectivity index (χ1v) is 3.77. The smallest absolute Gasteiger partial charge is 0.253 e. The summed E-state index contributed by atoms with van der Waals surface area (Å²) in [4.78, 5) is 0. The van der Waals surface area contributed by atoms with Crippen molar-refractivity contribution in [3.8, 4) is 0 Å². The maximum atomic E-state index is 2.26. The Labute approximate surface area is 66.8 Å². The third-order valence-electron chi connectivity index (χ3n) is 1.86. The summed E-state index contributed by atoms with van der Waals surface area (Å²) < 4.78 is 4.40. The third kappa shape index (κ3) is 2.03. The van der Waals surface area contributed by atoms with E-state index in [0.717, 1.165) is 6.54 Å².